The first-order valence-electron chi connectivity index (χ1n) is 5.98. The predicted octanol–water partition coefficient (Wildman–Crippen LogP) is 4.17. The highest BCUT2D eigenvalue weighted by atomic mass is 35.5. The molecule has 0 radical (unpaired) electrons. The molecule has 2 nitrogen and oxygen atoms in total. The van der Waals surface area contributed by atoms with Crippen LogP contribution in [-0.2, 0) is 6.54 Å². The number of alkyl halides is 2. The van der Waals surface area contributed by atoms with E-state index in [4.69, 9.17) is 11.6 Å². The number of hydrogen-bond donors (Lipinski definition) is 1. The summed E-state index contributed by atoms with van der Waals surface area (Å²) in [5.74, 6) is 1.23. The quantitative estimate of drug-likeness (QED) is 0.778. The molecule has 0 aromatic heterocycles. The first kappa shape index (κ1) is 16.5. The van der Waals surface area contributed by atoms with E-state index in [1.165, 1.54) is 6.07 Å². The smallest absolute Gasteiger partial charge is 0.387 e. The first-order chi connectivity index (χ1) is 9.02. The lowest BCUT2D eigenvalue weighted by atomic mass is 10.1. The van der Waals surface area contributed by atoms with Gasteiger partial charge in [0.25, 0.3) is 0 Å². The molecular formula is C13H18ClF2NOS. The molecule has 0 aliphatic heterocycles. The van der Waals surface area contributed by atoms with E-state index < -0.39 is 6.61 Å². The normalized spacial score (nSPS) is 12.7. The lowest BCUT2D eigenvalue weighted by Crippen LogP contribution is -2.26. The zero-order valence-electron chi connectivity index (χ0n) is 11.0. The molecule has 0 fully saturated rings. The van der Waals surface area contributed by atoms with E-state index in [1.54, 1.807) is 23.9 Å². The largest absolute Gasteiger partial charge is 0.434 e. The number of ether oxygens (including phenoxy) is 1. The summed E-state index contributed by atoms with van der Waals surface area (Å²) < 4.78 is 29.1. The molecule has 1 unspecified atom stereocenters. The maximum absolute atomic E-state index is 12.3. The number of thioether (sulfide) groups is 1. The molecule has 0 saturated carbocycles. The summed E-state index contributed by atoms with van der Waals surface area (Å²) in [5.41, 5.74) is 0.642. The van der Waals surface area contributed by atoms with Crippen molar-refractivity contribution < 1.29 is 13.5 Å². The summed E-state index contributed by atoms with van der Waals surface area (Å²) >= 11 is 7.66. The molecular weight excluding hydrogens is 292 g/mol. The first-order valence-corrected chi connectivity index (χ1v) is 7.75. The Labute approximate surface area is 121 Å². The minimum Gasteiger partial charge on any atom is -0.434 e. The Balaban J connectivity index is 2.62. The molecule has 0 aliphatic rings. The van der Waals surface area contributed by atoms with Crippen molar-refractivity contribution in [1.82, 2.24) is 5.32 Å². The van der Waals surface area contributed by atoms with E-state index >= 15 is 0 Å². The van der Waals surface area contributed by atoms with Crippen LogP contribution in [0.5, 0.6) is 5.75 Å². The molecule has 19 heavy (non-hydrogen) atoms. The summed E-state index contributed by atoms with van der Waals surface area (Å²) in [5, 5.41) is 3.79. The van der Waals surface area contributed by atoms with Crippen LogP contribution in [0, 0.1) is 0 Å². The van der Waals surface area contributed by atoms with Crippen LogP contribution in [0.15, 0.2) is 18.2 Å². The molecule has 1 aromatic rings. The standard InChI is InChI=1S/C13H18ClF2NOS/c1-9(5-6-19-2)17-8-10-7-11(14)3-4-12(10)18-13(15)16/h3-4,7,9,13,17H,5-6,8H2,1-2H3. The second-order valence-electron chi connectivity index (χ2n) is 4.19. The van der Waals surface area contributed by atoms with E-state index in [-0.39, 0.29) is 5.75 Å². The third kappa shape index (κ3) is 6.45. The highest BCUT2D eigenvalue weighted by Gasteiger charge is 2.11. The van der Waals surface area contributed by atoms with Gasteiger partial charge in [0, 0.05) is 23.2 Å². The molecule has 6 heteroatoms. The molecule has 0 bridgehead atoms. The van der Waals surface area contributed by atoms with Crippen LogP contribution in [0.3, 0.4) is 0 Å². The van der Waals surface area contributed by atoms with Crippen molar-refractivity contribution in [1.29, 1.82) is 0 Å². The van der Waals surface area contributed by atoms with Gasteiger partial charge in [-0.25, -0.2) is 0 Å². The average Bonchev–Trinajstić information content (AvgIpc) is 2.36. The highest BCUT2D eigenvalue weighted by Crippen LogP contribution is 2.24. The van der Waals surface area contributed by atoms with E-state index in [2.05, 4.69) is 23.2 Å². The monoisotopic (exact) mass is 309 g/mol. The van der Waals surface area contributed by atoms with Crippen molar-refractivity contribution in [2.45, 2.75) is 32.5 Å². The molecule has 1 atom stereocenters. The topological polar surface area (TPSA) is 21.3 Å². The van der Waals surface area contributed by atoms with Crippen molar-refractivity contribution in [2.24, 2.45) is 0 Å². The maximum Gasteiger partial charge on any atom is 0.387 e. The van der Waals surface area contributed by atoms with E-state index in [9.17, 15) is 8.78 Å². The van der Waals surface area contributed by atoms with Crippen molar-refractivity contribution in [3.05, 3.63) is 28.8 Å². The Bertz CT molecular complexity index is 393. The van der Waals surface area contributed by atoms with Gasteiger partial charge in [0.05, 0.1) is 0 Å². The van der Waals surface area contributed by atoms with Gasteiger partial charge in [-0.15, -0.1) is 0 Å². The fraction of sp³-hybridized carbons (Fsp3) is 0.538. The summed E-state index contributed by atoms with van der Waals surface area (Å²) in [6, 6.07) is 4.97. The molecule has 0 spiro atoms. The lowest BCUT2D eigenvalue weighted by Gasteiger charge is -2.16. The third-order valence-corrected chi connectivity index (χ3v) is 3.51. The van der Waals surface area contributed by atoms with Gasteiger partial charge in [-0.3, -0.25) is 0 Å². The molecule has 0 amide bonds. The molecule has 0 saturated heterocycles. The Morgan fingerprint density at radius 1 is 1.42 bits per heavy atom. The Morgan fingerprint density at radius 2 is 2.16 bits per heavy atom. The average molecular weight is 310 g/mol. The third-order valence-electron chi connectivity index (χ3n) is 2.63. The van der Waals surface area contributed by atoms with Crippen molar-refractivity contribution in [2.75, 3.05) is 12.0 Å². The van der Waals surface area contributed by atoms with Gasteiger partial charge in [0.1, 0.15) is 5.75 Å². The summed E-state index contributed by atoms with van der Waals surface area (Å²) in [7, 11) is 0. The van der Waals surface area contributed by atoms with E-state index in [0.29, 0.717) is 23.2 Å². The lowest BCUT2D eigenvalue weighted by molar-refractivity contribution is -0.0505. The molecule has 0 heterocycles. The van der Waals surface area contributed by atoms with Gasteiger partial charge < -0.3 is 10.1 Å². The zero-order valence-corrected chi connectivity index (χ0v) is 12.5. The number of halogens is 3. The van der Waals surface area contributed by atoms with Gasteiger partial charge in [-0.1, -0.05) is 11.6 Å². The van der Waals surface area contributed by atoms with E-state index in [1.807, 2.05) is 0 Å². The van der Waals surface area contributed by atoms with Crippen LogP contribution in [0.1, 0.15) is 18.9 Å². The van der Waals surface area contributed by atoms with Gasteiger partial charge in [-0.2, -0.15) is 20.5 Å². The number of nitrogens with one attached hydrogen (secondary N) is 1. The summed E-state index contributed by atoms with van der Waals surface area (Å²) in [6.45, 7) is -0.305. The van der Waals surface area contributed by atoms with Gasteiger partial charge >= 0.3 is 6.61 Å². The van der Waals surface area contributed by atoms with Gasteiger partial charge in [0.2, 0.25) is 0 Å². The van der Waals surface area contributed by atoms with Crippen molar-refractivity contribution in [3.63, 3.8) is 0 Å². The van der Waals surface area contributed by atoms with Crippen LogP contribution in [-0.4, -0.2) is 24.7 Å². The molecule has 1 rings (SSSR count). The fourth-order valence-electron chi connectivity index (χ4n) is 1.58. The highest BCUT2D eigenvalue weighted by molar-refractivity contribution is 7.98. The van der Waals surface area contributed by atoms with E-state index in [0.717, 1.165) is 12.2 Å². The summed E-state index contributed by atoms with van der Waals surface area (Å²) in [6.07, 6.45) is 3.07. The molecule has 108 valence electrons. The number of rotatable bonds is 8. The van der Waals surface area contributed by atoms with Crippen LogP contribution >= 0.6 is 23.4 Å². The van der Waals surface area contributed by atoms with Gasteiger partial charge in [0.15, 0.2) is 0 Å². The van der Waals surface area contributed by atoms with Crippen molar-refractivity contribution in [3.8, 4) is 5.75 Å². The van der Waals surface area contributed by atoms with Crippen LogP contribution in [0.4, 0.5) is 8.78 Å². The van der Waals surface area contributed by atoms with Gasteiger partial charge in [-0.05, 0) is 43.6 Å². The second-order valence-corrected chi connectivity index (χ2v) is 5.62. The van der Waals surface area contributed by atoms with Crippen molar-refractivity contribution >= 4 is 23.4 Å². The zero-order chi connectivity index (χ0) is 14.3. The Kier molecular flexibility index (Phi) is 7.49. The second kappa shape index (κ2) is 8.61. The molecule has 1 N–H and O–H groups in total. The minimum atomic E-state index is -2.83. The minimum absolute atomic E-state index is 0.170. The Morgan fingerprint density at radius 3 is 2.79 bits per heavy atom. The van der Waals surface area contributed by atoms with Crippen LogP contribution in [0.25, 0.3) is 0 Å². The Hall–Kier alpha value is -0.520. The number of benzene rings is 1. The molecule has 0 aliphatic carbocycles. The SMILES string of the molecule is CSCCC(C)NCc1cc(Cl)ccc1OC(F)F. The fourth-order valence-corrected chi connectivity index (χ4v) is 2.36. The number of hydrogen-bond acceptors (Lipinski definition) is 3. The maximum atomic E-state index is 12.3. The predicted molar refractivity (Wildman–Crippen MR) is 77.4 cm³/mol. The molecule has 1 aromatic carbocycles. The van der Waals surface area contributed by atoms with Crippen LogP contribution in [0.2, 0.25) is 5.02 Å². The summed E-state index contributed by atoms with van der Waals surface area (Å²) in [4.78, 5) is 0. The van der Waals surface area contributed by atoms with Crippen LogP contribution < -0.4 is 10.1 Å².